The van der Waals surface area contributed by atoms with Gasteiger partial charge in [-0.3, -0.25) is 0 Å². The van der Waals surface area contributed by atoms with Gasteiger partial charge >= 0.3 is 0 Å². The molecule has 2 aliphatic rings. The minimum atomic E-state index is -0.672. The molecule has 5 rings (SSSR count). The molecule has 0 aliphatic carbocycles. The molecule has 0 radical (unpaired) electrons. The van der Waals surface area contributed by atoms with Gasteiger partial charge in [-0.1, -0.05) is 0 Å². The van der Waals surface area contributed by atoms with Crippen molar-refractivity contribution in [1.29, 1.82) is 0 Å². The van der Waals surface area contributed by atoms with E-state index in [2.05, 4.69) is 42.0 Å². The van der Waals surface area contributed by atoms with E-state index in [1.165, 1.54) is 0 Å². The highest BCUT2D eigenvalue weighted by Crippen LogP contribution is 2.36. The summed E-state index contributed by atoms with van der Waals surface area (Å²) in [6.45, 7) is 11.6. The van der Waals surface area contributed by atoms with Gasteiger partial charge in [-0.05, 0) is 100 Å². The molecule has 3 aromatic rings. The summed E-state index contributed by atoms with van der Waals surface area (Å²) in [6.07, 6.45) is -1.34. The van der Waals surface area contributed by atoms with Gasteiger partial charge < -0.3 is 20.2 Å². The van der Waals surface area contributed by atoms with Crippen LogP contribution in [-0.4, -0.2) is 42.4 Å². The van der Waals surface area contributed by atoms with Crippen molar-refractivity contribution in [2.45, 2.75) is 53.8 Å². The van der Waals surface area contributed by atoms with E-state index >= 15 is 0 Å². The Morgan fingerprint density at radius 1 is 0.588 bits per heavy atom. The lowest BCUT2D eigenvalue weighted by Crippen LogP contribution is -2.03. The molecule has 3 aromatic heterocycles. The van der Waals surface area contributed by atoms with E-state index in [4.69, 9.17) is 9.97 Å². The monoisotopic (exact) mass is 454 g/mol. The quantitative estimate of drug-likeness (QED) is 0.408. The molecule has 0 spiro atoms. The minimum absolute atomic E-state index is 0.668. The van der Waals surface area contributed by atoms with E-state index in [1.807, 2.05) is 32.0 Å². The molecule has 0 amide bonds. The summed E-state index contributed by atoms with van der Waals surface area (Å²) < 4.78 is 0. The molecule has 5 heterocycles. The zero-order valence-corrected chi connectivity index (χ0v) is 20.4. The predicted molar refractivity (Wildman–Crippen MR) is 139 cm³/mol. The Balaban J connectivity index is 1.95. The summed E-state index contributed by atoms with van der Waals surface area (Å²) in [7, 11) is 0. The van der Waals surface area contributed by atoms with Gasteiger partial charge in [0.2, 0.25) is 0 Å². The van der Waals surface area contributed by atoms with E-state index in [-0.39, 0.29) is 0 Å². The van der Waals surface area contributed by atoms with E-state index in [9.17, 15) is 10.2 Å². The number of aliphatic hydroxyl groups excluding tert-OH is 2. The molecule has 6 heteroatoms. The highest BCUT2D eigenvalue weighted by Gasteiger charge is 2.24. The second kappa shape index (κ2) is 8.08. The smallest absolute Gasteiger partial charge is 0.0786 e. The number of aliphatic hydroxyl groups is 2. The lowest BCUT2D eigenvalue weighted by molar-refractivity contribution is 0.253. The van der Waals surface area contributed by atoms with Crippen LogP contribution in [-0.2, 0) is 0 Å². The molecule has 2 aliphatic heterocycles. The Bertz CT molecular complexity index is 1550. The fraction of sp³-hybridized carbons (Fsp3) is 0.286. The first-order valence-corrected chi connectivity index (χ1v) is 11.6. The van der Waals surface area contributed by atoms with Crippen LogP contribution in [0.15, 0.2) is 36.4 Å². The van der Waals surface area contributed by atoms with Crippen molar-refractivity contribution in [2.75, 3.05) is 0 Å². The molecule has 4 N–H and O–H groups in total. The third kappa shape index (κ3) is 3.69. The van der Waals surface area contributed by atoms with Gasteiger partial charge in [-0.2, -0.15) is 0 Å². The van der Waals surface area contributed by atoms with Crippen LogP contribution in [0.4, 0.5) is 0 Å². The summed E-state index contributed by atoms with van der Waals surface area (Å²) in [5.41, 5.74) is 12.6. The van der Waals surface area contributed by atoms with Crippen molar-refractivity contribution >= 4 is 44.4 Å². The third-order valence-electron chi connectivity index (χ3n) is 6.74. The van der Waals surface area contributed by atoms with Crippen LogP contribution in [0.2, 0.25) is 0 Å². The van der Waals surface area contributed by atoms with Crippen LogP contribution in [0.5, 0.6) is 0 Å². The third-order valence-corrected chi connectivity index (χ3v) is 6.74. The molecule has 0 fully saturated rings. The first kappa shape index (κ1) is 22.3. The van der Waals surface area contributed by atoms with Crippen molar-refractivity contribution < 1.29 is 10.2 Å². The Morgan fingerprint density at radius 2 is 1.00 bits per heavy atom. The standard InChI is InChI=1S/C28H30N4O2/c1-13-7-19-9-20-8-14(2)22(30-20)11-25-27(17(5)33)16(4)24(32-25)12-26-28(18(6)34)15(3)23(31-26)10-21(13)29-19/h7-12,17-18,29-30,33-34H,1-6H3. The maximum absolute atomic E-state index is 10.6. The topological polar surface area (TPSA) is 97.8 Å². The average Bonchev–Trinajstić information content (AvgIpc) is 3.43. The Hall–Kier alpha value is -3.48. The summed E-state index contributed by atoms with van der Waals surface area (Å²) in [6, 6.07) is 12.3. The average molecular weight is 455 g/mol. The fourth-order valence-electron chi connectivity index (χ4n) is 4.99. The SMILES string of the molecule is CC1=C(C(C)O)c2cc3nc(cc4[nH]c(cc4C)cc4cc(C)c(cc1n2)[nH]4)C(C(C)O)=C3C. The number of rotatable bonds is 2. The number of nitrogens with one attached hydrogen (secondary N) is 2. The van der Waals surface area contributed by atoms with E-state index < -0.39 is 12.2 Å². The van der Waals surface area contributed by atoms with Gasteiger partial charge in [0.25, 0.3) is 0 Å². The highest BCUT2D eigenvalue weighted by molar-refractivity contribution is 5.96. The van der Waals surface area contributed by atoms with E-state index in [1.54, 1.807) is 13.8 Å². The summed E-state index contributed by atoms with van der Waals surface area (Å²) >= 11 is 0. The zero-order chi connectivity index (χ0) is 24.3. The summed E-state index contributed by atoms with van der Waals surface area (Å²) in [5.74, 6) is 0. The van der Waals surface area contributed by atoms with E-state index in [0.717, 1.165) is 72.6 Å². The molecule has 0 saturated carbocycles. The largest absolute Gasteiger partial charge is 0.389 e. The van der Waals surface area contributed by atoms with Crippen LogP contribution in [0.1, 0.15) is 61.6 Å². The first-order valence-electron chi connectivity index (χ1n) is 11.6. The normalized spacial score (nSPS) is 15.8. The molecular weight excluding hydrogens is 424 g/mol. The van der Waals surface area contributed by atoms with Crippen molar-refractivity contribution in [3.63, 3.8) is 0 Å². The highest BCUT2D eigenvalue weighted by atomic mass is 16.3. The first-order chi connectivity index (χ1) is 16.1. The number of nitrogens with zero attached hydrogens (tertiary/aromatic N) is 2. The number of aromatic nitrogens is 4. The second-order valence-corrected chi connectivity index (χ2v) is 9.41. The Kier molecular flexibility index (Phi) is 5.30. The van der Waals surface area contributed by atoms with Crippen LogP contribution >= 0.6 is 0 Å². The van der Waals surface area contributed by atoms with Crippen LogP contribution in [0.25, 0.3) is 44.4 Å². The van der Waals surface area contributed by atoms with E-state index in [0.29, 0.717) is 5.69 Å². The number of fused-ring (bicyclic) bond motifs is 8. The molecule has 174 valence electrons. The number of hydrogen-bond acceptors (Lipinski definition) is 4. The van der Waals surface area contributed by atoms with Gasteiger partial charge in [0, 0.05) is 33.2 Å². The predicted octanol–water partition coefficient (Wildman–Crippen LogP) is 5.55. The van der Waals surface area contributed by atoms with Crippen molar-refractivity contribution in [2.24, 2.45) is 0 Å². The maximum Gasteiger partial charge on any atom is 0.0786 e. The van der Waals surface area contributed by atoms with Gasteiger partial charge in [-0.15, -0.1) is 0 Å². The zero-order valence-electron chi connectivity index (χ0n) is 20.4. The fourth-order valence-corrected chi connectivity index (χ4v) is 4.99. The Morgan fingerprint density at radius 3 is 1.47 bits per heavy atom. The molecule has 6 nitrogen and oxygen atoms in total. The molecule has 0 saturated heterocycles. The van der Waals surface area contributed by atoms with Crippen LogP contribution in [0.3, 0.4) is 0 Å². The van der Waals surface area contributed by atoms with Crippen LogP contribution < -0.4 is 0 Å². The van der Waals surface area contributed by atoms with Crippen molar-refractivity contribution in [3.8, 4) is 0 Å². The lowest BCUT2D eigenvalue weighted by atomic mass is 9.99. The second-order valence-electron chi connectivity index (χ2n) is 9.41. The summed E-state index contributed by atoms with van der Waals surface area (Å²) in [4.78, 5) is 16.7. The van der Waals surface area contributed by atoms with Crippen LogP contribution in [0, 0.1) is 13.8 Å². The molecule has 2 unspecified atom stereocenters. The molecule has 2 atom stereocenters. The number of aryl methyl sites for hydroxylation is 2. The van der Waals surface area contributed by atoms with Crippen molar-refractivity contribution in [1.82, 2.24) is 19.9 Å². The van der Waals surface area contributed by atoms with Crippen molar-refractivity contribution in [3.05, 3.63) is 70.3 Å². The molecular formula is C28H30N4O2. The maximum atomic E-state index is 10.6. The number of aromatic amines is 2. The van der Waals surface area contributed by atoms with Gasteiger partial charge in [-0.25, -0.2) is 9.97 Å². The molecule has 8 bridgehead atoms. The summed E-state index contributed by atoms with van der Waals surface area (Å²) in [5, 5.41) is 21.1. The Labute approximate surface area is 198 Å². The van der Waals surface area contributed by atoms with Gasteiger partial charge in [0.05, 0.1) is 35.0 Å². The number of hydrogen-bond donors (Lipinski definition) is 4. The van der Waals surface area contributed by atoms with Gasteiger partial charge in [0.1, 0.15) is 0 Å². The molecule has 34 heavy (non-hydrogen) atoms. The molecule has 0 aromatic carbocycles. The minimum Gasteiger partial charge on any atom is -0.389 e. The number of H-pyrrole nitrogens is 2. The number of allylic oxidation sites excluding steroid dienone is 2. The van der Waals surface area contributed by atoms with Gasteiger partial charge in [0.15, 0.2) is 0 Å². The lowest BCUT2D eigenvalue weighted by Gasteiger charge is -2.08.